The van der Waals surface area contributed by atoms with E-state index in [1.807, 2.05) is 0 Å². The Morgan fingerprint density at radius 2 is 1.88 bits per heavy atom. The third-order valence-corrected chi connectivity index (χ3v) is 5.53. The van der Waals surface area contributed by atoms with Crippen LogP contribution in [0.15, 0.2) is 0 Å². The lowest BCUT2D eigenvalue weighted by Crippen LogP contribution is -2.50. The fourth-order valence-corrected chi connectivity index (χ4v) is 3.46. The molecule has 0 aromatic rings. The average Bonchev–Trinajstić information content (AvgIpc) is 2.27. The molecule has 0 amide bonds. The molecular formula is C10H19NO5S. The third kappa shape index (κ3) is 2.97. The molecule has 1 aliphatic rings. The number of aliphatic hydroxyl groups excluding tert-OH is 1. The number of carbonyl (C=O) groups is 1. The predicted octanol–water partition coefficient (Wildman–Crippen LogP) is 0.0246. The summed E-state index contributed by atoms with van der Waals surface area (Å²) in [6.45, 7) is 1.14. The summed E-state index contributed by atoms with van der Waals surface area (Å²) in [6, 6.07) is -0.504. The smallest absolute Gasteiger partial charge is 0.323 e. The Hall–Kier alpha value is -0.660. The number of sulfonamides is 1. The molecule has 0 radical (unpaired) electrons. The first-order chi connectivity index (χ1) is 7.78. The molecule has 1 aliphatic carbocycles. The Morgan fingerprint density at radius 1 is 1.35 bits per heavy atom. The maximum absolute atomic E-state index is 12.0. The lowest BCUT2D eigenvalue weighted by atomic mass is 9.93. The van der Waals surface area contributed by atoms with Gasteiger partial charge in [-0.15, -0.1) is 0 Å². The van der Waals surface area contributed by atoms with E-state index in [-0.39, 0.29) is 0 Å². The first-order valence-electron chi connectivity index (χ1n) is 5.66. The maximum Gasteiger partial charge on any atom is 0.323 e. The number of nitrogens with zero attached hydrogens (tertiary/aromatic N) is 1. The van der Waals surface area contributed by atoms with Crippen molar-refractivity contribution in [1.29, 1.82) is 0 Å². The van der Waals surface area contributed by atoms with E-state index < -0.39 is 33.4 Å². The van der Waals surface area contributed by atoms with Gasteiger partial charge in [0.2, 0.25) is 10.0 Å². The highest BCUT2D eigenvalue weighted by atomic mass is 32.2. The zero-order chi connectivity index (χ0) is 13.2. The summed E-state index contributed by atoms with van der Waals surface area (Å²) in [5, 5.41) is 17.0. The van der Waals surface area contributed by atoms with E-state index in [0.717, 1.165) is 24.1 Å². The molecule has 3 atom stereocenters. The zero-order valence-electron chi connectivity index (χ0n) is 10.0. The third-order valence-electron chi connectivity index (χ3n) is 3.36. The highest BCUT2D eigenvalue weighted by Gasteiger charge is 2.38. The molecule has 0 aromatic carbocycles. The van der Waals surface area contributed by atoms with Gasteiger partial charge in [-0.3, -0.25) is 4.79 Å². The van der Waals surface area contributed by atoms with Gasteiger partial charge in [0.1, 0.15) is 0 Å². The van der Waals surface area contributed by atoms with E-state index in [2.05, 4.69) is 0 Å². The van der Waals surface area contributed by atoms with Gasteiger partial charge in [-0.1, -0.05) is 12.8 Å². The van der Waals surface area contributed by atoms with Crippen molar-refractivity contribution in [3.05, 3.63) is 0 Å². The van der Waals surface area contributed by atoms with Crippen molar-refractivity contribution < 1.29 is 23.4 Å². The van der Waals surface area contributed by atoms with Crippen molar-refractivity contribution in [3.8, 4) is 0 Å². The normalized spacial score (nSPS) is 28.0. The Bertz CT molecular complexity index is 380. The summed E-state index contributed by atoms with van der Waals surface area (Å²) in [5.74, 6) is -1.37. The van der Waals surface area contributed by atoms with Crippen LogP contribution in [0.5, 0.6) is 0 Å². The molecule has 6 nitrogen and oxygen atoms in total. The molecule has 0 aliphatic heterocycles. The molecule has 3 unspecified atom stereocenters. The summed E-state index contributed by atoms with van der Waals surface area (Å²) in [4.78, 5) is 10.7. The van der Waals surface area contributed by atoms with Gasteiger partial charge in [-0.25, -0.2) is 8.42 Å². The summed E-state index contributed by atoms with van der Waals surface area (Å²) in [7, 11) is -2.56. The summed E-state index contributed by atoms with van der Waals surface area (Å²) < 4.78 is 24.9. The summed E-state index contributed by atoms with van der Waals surface area (Å²) >= 11 is 0. The minimum absolute atomic E-state index is 0.504. The number of hydrogen-bond acceptors (Lipinski definition) is 4. The molecule has 2 N–H and O–H groups in total. The fraction of sp³-hybridized carbons (Fsp3) is 0.900. The van der Waals surface area contributed by atoms with Gasteiger partial charge in [-0.2, -0.15) is 4.31 Å². The van der Waals surface area contributed by atoms with Crippen molar-refractivity contribution >= 4 is 16.0 Å². The SMILES string of the molecule is CC(C(=O)O)S(=O)(=O)N(C)C1CCCCC1O. The second-order valence-corrected chi connectivity index (χ2v) is 6.77. The molecule has 1 rings (SSSR count). The highest BCUT2D eigenvalue weighted by molar-refractivity contribution is 7.90. The van der Waals surface area contributed by atoms with Crippen molar-refractivity contribution in [2.75, 3.05) is 7.05 Å². The van der Waals surface area contributed by atoms with Crippen molar-refractivity contribution in [2.24, 2.45) is 0 Å². The van der Waals surface area contributed by atoms with Crippen LogP contribution >= 0.6 is 0 Å². The van der Waals surface area contributed by atoms with Crippen molar-refractivity contribution in [3.63, 3.8) is 0 Å². The molecule has 0 heterocycles. The van der Waals surface area contributed by atoms with E-state index in [1.54, 1.807) is 0 Å². The summed E-state index contributed by atoms with van der Waals surface area (Å²) in [6.07, 6.45) is 2.16. The van der Waals surface area contributed by atoms with Crippen molar-refractivity contribution in [1.82, 2.24) is 4.31 Å². The second kappa shape index (κ2) is 5.32. The van der Waals surface area contributed by atoms with E-state index in [1.165, 1.54) is 7.05 Å². The highest BCUT2D eigenvalue weighted by Crippen LogP contribution is 2.25. The Balaban J connectivity index is 2.87. The average molecular weight is 265 g/mol. The van der Waals surface area contributed by atoms with Crippen LogP contribution in [0.25, 0.3) is 0 Å². The van der Waals surface area contributed by atoms with Crippen LogP contribution in [0.2, 0.25) is 0 Å². The van der Waals surface area contributed by atoms with Gasteiger partial charge in [0.05, 0.1) is 12.1 Å². The standard InChI is InChI=1S/C10H19NO5S/c1-7(10(13)14)17(15,16)11(2)8-5-3-4-6-9(8)12/h7-9,12H,3-6H2,1-2H3,(H,13,14). The van der Waals surface area contributed by atoms with E-state index >= 15 is 0 Å². The number of aliphatic carboxylic acids is 1. The van der Waals surface area contributed by atoms with Gasteiger partial charge >= 0.3 is 5.97 Å². The molecule has 100 valence electrons. The minimum Gasteiger partial charge on any atom is -0.480 e. The molecule has 7 heteroatoms. The predicted molar refractivity (Wildman–Crippen MR) is 62.0 cm³/mol. The van der Waals surface area contributed by atoms with E-state index in [4.69, 9.17) is 5.11 Å². The van der Waals surface area contributed by atoms with Crippen LogP contribution < -0.4 is 0 Å². The fourth-order valence-electron chi connectivity index (χ4n) is 2.08. The lowest BCUT2D eigenvalue weighted by molar-refractivity contribution is -0.136. The van der Waals surface area contributed by atoms with Crippen LogP contribution in [-0.2, 0) is 14.8 Å². The molecule has 17 heavy (non-hydrogen) atoms. The number of likely N-dealkylation sites (N-methyl/N-ethyl adjacent to an activating group) is 1. The lowest BCUT2D eigenvalue weighted by Gasteiger charge is -2.35. The van der Waals surface area contributed by atoms with Crippen LogP contribution in [0.1, 0.15) is 32.6 Å². The van der Waals surface area contributed by atoms with Crippen molar-refractivity contribution in [2.45, 2.75) is 50.0 Å². The minimum atomic E-state index is -3.90. The van der Waals surface area contributed by atoms with Gasteiger partial charge in [-0.05, 0) is 19.8 Å². The number of hydrogen-bond donors (Lipinski definition) is 2. The molecular weight excluding hydrogens is 246 g/mol. The molecule has 1 saturated carbocycles. The Morgan fingerprint density at radius 3 is 2.35 bits per heavy atom. The van der Waals surface area contributed by atoms with Crippen LogP contribution in [0.3, 0.4) is 0 Å². The first kappa shape index (κ1) is 14.4. The molecule has 1 fully saturated rings. The molecule has 0 saturated heterocycles. The topological polar surface area (TPSA) is 94.9 Å². The quantitative estimate of drug-likeness (QED) is 0.747. The Kier molecular flexibility index (Phi) is 4.51. The zero-order valence-corrected chi connectivity index (χ0v) is 10.9. The number of carboxylic acid groups (broad SMARTS) is 1. The largest absolute Gasteiger partial charge is 0.480 e. The molecule has 0 spiro atoms. The monoisotopic (exact) mass is 265 g/mol. The summed E-state index contributed by atoms with van der Waals surface area (Å²) in [5.41, 5.74) is 0. The maximum atomic E-state index is 12.0. The van der Waals surface area contributed by atoms with Gasteiger partial charge < -0.3 is 10.2 Å². The Labute approximate surface area is 101 Å². The van der Waals surface area contributed by atoms with Crippen LogP contribution in [-0.4, -0.2) is 53.3 Å². The molecule has 0 bridgehead atoms. The van der Waals surface area contributed by atoms with Crippen LogP contribution in [0, 0.1) is 0 Å². The first-order valence-corrected chi connectivity index (χ1v) is 7.16. The molecule has 0 aromatic heterocycles. The van der Waals surface area contributed by atoms with Crippen LogP contribution in [0.4, 0.5) is 0 Å². The van der Waals surface area contributed by atoms with Gasteiger partial charge in [0.25, 0.3) is 0 Å². The van der Waals surface area contributed by atoms with E-state index in [9.17, 15) is 18.3 Å². The van der Waals surface area contributed by atoms with E-state index in [0.29, 0.717) is 12.8 Å². The number of aliphatic hydroxyl groups is 1. The number of rotatable bonds is 4. The van der Waals surface area contributed by atoms with Gasteiger partial charge in [0, 0.05) is 7.05 Å². The number of carboxylic acids is 1. The second-order valence-electron chi connectivity index (χ2n) is 4.46. The van der Waals surface area contributed by atoms with Gasteiger partial charge in [0.15, 0.2) is 5.25 Å².